The molecule has 2 saturated heterocycles. The molecule has 3 aromatic carbocycles. The summed E-state index contributed by atoms with van der Waals surface area (Å²) in [4.78, 5) is 27.4. The highest BCUT2D eigenvalue weighted by Crippen LogP contribution is 2.34. The summed E-state index contributed by atoms with van der Waals surface area (Å²) in [6.07, 6.45) is 1.61. The molecular weight excluding hydrogens is 428 g/mol. The van der Waals surface area contributed by atoms with Crippen LogP contribution in [-0.2, 0) is 4.79 Å². The summed E-state index contributed by atoms with van der Waals surface area (Å²) in [6.45, 7) is 3.23. The van der Waals surface area contributed by atoms with Crippen molar-refractivity contribution < 1.29 is 13.9 Å². The van der Waals surface area contributed by atoms with Crippen LogP contribution in [0, 0.1) is 0 Å². The van der Waals surface area contributed by atoms with Gasteiger partial charge >= 0.3 is 5.63 Å². The van der Waals surface area contributed by atoms with Crippen molar-refractivity contribution in [1.82, 2.24) is 10.2 Å². The summed E-state index contributed by atoms with van der Waals surface area (Å²) in [5.74, 6) is 0.495. The van der Waals surface area contributed by atoms with E-state index in [1.54, 1.807) is 13.0 Å². The minimum Gasteiger partial charge on any atom is -0.481 e. The zero-order chi connectivity index (χ0) is 23.2. The van der Waals surface area contributed by atoms with E-state index >= 15 is 0 Å². The van der Waals surface area contributed by atoms with Crippen LogP contribution in [0.5, 0.6) is 5.75 Å². The molecule has 6 heteroatoms. The van der Waals surface area contributed by atoms with Crippen LogP contribution in [0.2, 0.25) is 0 Å². The van der Waals surface area contributed by atoms with Gasteiger partial charge in [-0.05, 0) is 48.2 Å². The van der Waals surface area contributed by atoms with Gasteiger partial charge in [0.2, 0.25) is 0 Å². The van der Waals surface area contributed by atoms with Crippen LogP contribution in [0.15, 0.2) is 75.9 Å². The number of carbonyl (C=O) groups is 1. The molecule has 1 aromatic heterocycles. The van der Waals surface area contributed by atoms with Gasteiger partial charge in [0.1, 0.15) is 11.3 Å². The van der Waals surface area contributed by atoms with Gasteiger partial charge in [0.15, 0.2) is 6.10 Å². The largest absolute Gasteiger partial charge is 0.481 e. The molecule has 2 aliphatic heterocycles. The Bertz CT molecular complexity index is 1440. The van der Waals surface area contributed by atoms with Gasteiger partial charge in [0.25, 0.3) is 5.91 Å². The van der Waals surface area contributed by atoms with Crippen LogP contribution < -0.4 is 15.7 Å². The first-order valence-corrected chi connectivity index (χ1v) is 11.8. The standard InChI is InChI=1S/C28H26N2O4/c1-17(28(32)30-15-19-9-10-20(16-30)29-19)33-21-11-12-24-25(14-27(31)34-26(24)13-21)23-8-4-6-18-5-2-3-7-22(18)23/h2-8,11-14,17,19-20,29H,9-10,15-16H2,1H3/t17-,19?,20?/m1/s1. The second kappa shape index (κ2) is 8.29. The third-order valence-electron chi connectivity index (χ3n) is 6.98. The molecule has 2 fully saturated rings. The highest BCUT2D eigenvalue weighted by atomic mass is 16.5. The van der Waals surface area contributed by atoms with Gasteiger partial charge in [-0.15, -0.1) is 0 Å². The van der Waals surface area contributed by atoms with Crippen molar-refractivity contribution >= 4 is 27.6 Å². The van der Waals surface area contributed by atoms with Gasteiger partial charge in [-0.3, -0.25) is 4.79 Å². The van der Waals surface area contributed by atoms with E-state index in [0.717, 1.165) is 53.2 Å². The number of rotatable bonds is 4. The van der Waals surface area contributed by atoms with Crippen molar-refractivity contribution in [2.75, 3.05) is 13.1 Å². The van der Waals surface area contributed by atoms with Crippen molar-refractivity contribution in [2.45, 2.75) is 38.0 Å². The number of likely N-dealkylation sites (tertiary alicyclic amines) is 1. The number of piperazine rings is 1. The summed E-state index contributed by atoms with van der Waals surface area (Å²) < 4.78 is 11.5. The number of amides is 1. The van der Waals surface area contributed by atoms with E-state index in [0.29, 0.717) is 23.4 Å². The molecule has 2 unspecified atom stereocenters. The van der Waals surface area contributed by atoms with Gasteiger partial charge < -0.3 is 19.4 Å². The smallest absolute Gasteiger partial charge is 0.336 e. The molecule has 0 aliphatic carbocycles. The normalized spacial score (nSPS) is 20.6. The minimum atomic E-state index is -0.622. The average molecular weight is 455 g/mol. The minimum absolute atomic E-state index is 0.00976. The number of fused-ring (bicyclic) bond motifs is 4. The third-order valence-corrected chi connectivity index (χ3v) is 6.98. The molecule has 6 nitrogen and oxygen atoms in total. The lowest BCUT2D eigenvalue weighted by Crippen LogP contribution is -2.55. The SMILES string of the molecule is C[C@@H](Oc1ccc2c(-c3cccc4ccccc34)cc(=O)oc2c1)C(=O)N1CC2CCC(C1)N2. The van der Waals surface area contributed by atoms with Crippen LogP contribution in [0.25, 0.3) is 32.9 Å². The maximum absolute atomic E-state index is 13.0. The maximum atomic E-state index is 13.0. The summed E-state index contributed by atoms with van der Waals surface area (Å²) in [5.41, 5.74) is 1.80. The summed E-state index contributed by atoms with van der Waals surface area (Å²) >= 11 is 0. The van der Waals surface area contributed by atoms with Gasteiger partial charge in [-0.2, -0.15) is 0 Å². The van der Waals surface area contributed by atoms with Gasteiger partial charge in [0.05, 0.1) is 0 Å². The Morgan fingerprint density at radius 1 is 0.971 bits per heavy atom. The van der Waals surface area contributed by atoms with E-state index in [1.165, 1.54) is 6.07 Å². The molecule has 2 aliphatic rings. The number of nitrogens with one attached hydrogen (secondary N) is 1. The monoisotopic (exact) mass is 454 g/mol. The topological polar surface area (TPSA) is 71.8 Å². The summed E-state index contributed by atoms with van der Waals surface area (Å²) in [6, 6.07) is 21.9. The molecule has 0 spiro atoms. The van der Waals surface area contributed by atoms with Gasteiger partial charge in [0, 0.05) is 48.3 Å². The molecule has 3 heterocycles. The van der Waals surface area contributed by atoms with Gasteiger partial charge in [-0.25, -0.2) is 4.79 Å². The quantitative estimate of drug-likeness (QED) is 0.465. The molecule has 172 valence electrons. The molecule has 34 heavy (non-hydrogen) atoms. The molecular formula is C28H26N2O4. The lowest BCUT2D eigenvalue weighted by molar-refractivity contribution is -0.139. The second-order valence-corrected chi connectivity index (χ2v) is 9.30. The van der Waals surface area contributed by atoms with Crippen LogP contribution in [0.3, 0.4) is 0 Å². The molecule has 3 atom stereocenters. The number of benzene rings is 3. The van der Waals surface area contributed by atoms with Crippen molar-refractivity contribution in [3.63, 3.8) is 0 Å². The van der Waals surface area contributed by atoms with Crippen molar-refractivity contribution in [2.24, 2.45) is 0 Å². The Balaban J connectivity index is 1.31. The first-order chi connectivity index (χ1) is 16.5. The zero-order valence-corrected chi connectivity index (χ0v) is 19.0. The van der Waals surface area contributed by atoms with E-state index in [2.05, 4.69) is 23.5 Å². The number of nitrogens with zero attached hydrogens (tertiary/aromatic N) is 1. The van der Waals surface area contributed by atoms with E-state index in [4.69, 9.17) is 9.15 Å². The fourth-order valence-electron chi connectivity index (χ4n) is 5.39. The van der Waals surface area contributed by atoms with Crippen LogP contribution >= 0.6 is 0 Å². The number of hydrogen-bond donors (Lipinski definition) is 1. The van der Waals surface area contributed by atoms with Crippen molar-refractivity contribution in [3.8, 4) is 16.9 Å². The van der Waals surface area contributed by atoms with Crippen LogP contribution in [0.4, 0.5) is 0 Å². The molecule has 0 radical (unpaired) electrons. The predicted octanol–water partition coefficient (Wildman–Crippen LogP) is 4.34. The first kappa shape index (κ1) is 20.9. The molecule has 2 bridgehead atoms. The molecule has 4 aromatic rings. The Kier molecular flexibility index (Phi) is 5.11. The fraction of sp³-hybridized carbons (Fsp3) is 0.286. The van der Waals surface area contributed by atoms with Crippen LogP contribution in [-0.4, -0.2) is 42.1 Å². The van der Waals surface area contributed by atoms with E-state index in [1.807, 2.05) is 41.3 Å². The van der Waals surface area contributed by atoms with Crippen LogP contribution in [0.1, 0.15) is 19.8 Å². The molecule has 1 amide bonds. The lowest BCUT2D eigenvalue weighted by atomic mass is 9.96. The third kappa shape index (κ3) is 3.74. The molecule has 1 N–H and O–H groups in total. The fourth-order valence-corrected chi connectivity index (χ4v) is 5.39. The first-order valence-electron chi connectivity index (χ1n) is 11.8. The Hall–Kier alpha value is -3.64. The maximum Gasteiger partial charge on any atom is 0.336 e. The Morgan fingerprint density at radius 2 is 1.74 bits per heavy atom. The number of hydrogen-bond acceptors (Lipinski definition) is 5. The van der Waals surface area contributed by atoms with E-state index < -0.39 is 11.7 Å². The van der Waals surface area contributed by atoms with Crippen molar-refractivity contribution in [1.29, 1.82) is 0 Å². The number of carbonyl (C=O) groups excluding carboxylic acids is 1. The summed E-state index contributed by atoms with van der Waals surface area (Å²) in [5, 5.41) is 6.54. The van der Waals surface area contributed by atoms with E-state index in [-0.39, 0.29) is 5.91 Å². The Morgan fingerprint density at radius 3 is 2.56 bits per heavy atom. The predicted molar refractivity (Wildman–Crippen MR) is 132 cm³/mol. The average Bonchev–Trinajstić information content (AvgIpc) is 3.19. The molecule has 6 rings (SSSR count). The Labute approximate surface area is 197 Å². The van der Waals surface area contributed by atoms with Gasteiger partial charge in [-0.1, -0.05) is 42.5 Å². The lowest BCUT2D eigenvalue weighted by Gasteiger charge is -2.34. The zero-order valence-electron chi connectivity index (χ0n) is 19.0. The van der Waals surface area contributed by atoms with E-state index in [9.17, 15) is 9.59 Å². The molecule has 0 saturated carbocycles. The summed E-state index contributed by atoms with van der Waals surface area (Å²) in [7, 11) is 0. The van der Waals surface area contributed by atoms with Crippen molar-refractivity contribution in [3.05, 3.63) is 77.2 Å². The highest BCUT2D eigenvalue weighted by Gasteiger charge is 2.36. The second-order valence-electron chi connectivity index (χ2n) is 9.30. The number of ether oxygens (including phenoxy) is 1. The highest BCUT2D eigenvalue weighted by molar-refractivity contribution is 6.04.